The lowest BCUT2D eigenvalue weighted by atomic mass is 9.71. The van der Waals surface area contributed by atoms with Crippen LogP contribution in [0, 0.1) is 5.92 Å². The molecule has 1 aliphatic carbocycles. The summed E-state index contributed by atoms with van der Waals surface area (Å²) in [6, 6.07) is 4.00. The highest BCUT2D eigenvalue weighted by Gasteiger charge is 2.42. The predicted octanol–water partition coefficient (Wildman–Crippen LogP) is 1.49. The molecule has 2 fully saturated rings. The van der Waals surface area contributed by atoms with Crippen LogP contribution in [0.2, 0.25) is 0 Å². The fourth-order valence-corrected chi connectivity index (χ4v) is 3.72. The summed E-state index contributed by atoms with van der Waals surface area (Å²) >= 11 is 0. The summed E-state index contributed by atoms with van der Waals surface area (Å²) in [5.74, 6) is 6.69. The van der Waals surface area contributed by atoms with Crippen molar-refractivity contribution >= 4 is 5.82 Å². The molecule has 1 saturated carbocycles. The van der Waals surface area contributed by atoms with Crippen LogP contribution in [0.25, 0.3) is 0 Å². The number of hydrazine groups is 1. The van der Waals surface area contributed by atoms with Gasteiger partial charge in [-0.3, -0.25) is 4.90 Å². The fraction of sp³-hybridized carbons (Fsp3) is 0.667. The zero-order valence-electron chi connectivity index (χ0n) is 11.9. The number of likely N-dealkylation sites (tertiary alicyclic amines) is 1. The summed E-state index contributed by atoms with van der Waals surface area (Å²) in [6.07, 6.45) is 7.20. The number of nitrogens with zero attached hydrogens (tertiary/aromatic N) is 2. The number of nitrogen functional groups attached to an aromatic ring is 1. The molecule has 1 aromatic rings. The van der Waals surface area contributed by atoms with Crippen molar-refractivity contribution < 1.29 is 5.11 Å². The molecule has 2 unspecified atom stereocenters. The topological polar surface area (TPSA) is 74.4 Å². The summed E-state index contributed by atoms with van der Waals surface area (Å²) < 4.78 is 0. The van der Waals surface area contributed by atoms with Crippen LogP contribution in [0.1, 0.15) is 37.7 Å². The van der Waals surface area contributed by atoms with Gasteiger partial charge in [-0.05, 0) is 25.3 Å². The molecule has 20 heavy (non-hydrogen) atoms. The highest BCUT2D eigenvalue weighted by molar-refractivity contribution is 5.42. The Morgan fingerprint density at radius 3 is 3.20 bits per heavy atom. The maximum atomic E-state index is 10.7. The molecule has 1 aromatic heterocycles. The third-order valence-corrected chi connectivity index (χ3v) is 4.93. The minimum absolute atomic E-state index is 0.404. The number of aromatic nitrogens is 1. The molecule has 5 nitrogen and oxygen atoms in total. The number of hydrogen-bond donors (Lipinski definition) is 3. The van der Waals surface area contributed by atoms with Crippen molar-refractivity contribution in [3.63, 3.8) is 0 Å². The van der Waals surface area contributed by atoms with Crippen molar-refractivity contribution in [2.75, 3.05) is 18.5 Å². The lowest BCUT2D eigenvalue weighted by Crippen LogP contribution is -2.53. The first kappa shape index (κ1) is 13.8. The van der Waals surface area contributed by atoms with Crippen LogP contribution in [0.5, 0.6) is 0 Å². The second-order valence-electron chi connectivity index (χ2n) is 6.19. The summed E-state index contributed by atoms with van der Waals surface area (Å²) in [7, 11) is 0. The van der Waals surface area contributed by atoms with Gasteiger partial charge in [-0.15, -0.1) is 0 Å². The molecule has 0 bridgehead atoms. The summed E-state index contributed by atoms with van der Waals surface area (Å²) in [6.45, 7) is 2.78. The van der Waals surface area contributed by atoms with Gasteiger partial charge < -0.3 is 10.5 Å². The molecule has 3 rings (SSSR count). The standard InChI is InChI=1S/C15H24N4O/c16-18-14-12(4-3-8-17-14)10-19-9-7-15(20)6-2-1-5-13(15)11-19/h3-4,8,13,20H,1-2,5-7,9-11,16H2,(H,17,18). The Labute approximate surface area is 120 Å². The van der Waals surface area contributed by atoms with E-state index in [2.05, 4.69) is 21.4 Å². The quantitative estimate of drug-likeness (QED) is 0.576. The summed E-state index contributed by atoms with van der Waals surface area (Å²) in [4.78, 5) is 6.66. The van der Waals surface area contributed by atoms with Gasteiger partial charge in [-0.1, -0.05) is 18.9 Å². The Morgan fingerprint density at radius 1 is 1.45 bits per heavy atom. The van der Waals surface area contributed by atoms with Gasteiger partial charge in [0, 0.05) is 37.3 Å². The molecule has 0 spiro atoms. The molecule has 0 aromatic carbocycles. The van der Waals surface area contributed by atoms with E-state index in [1.165, 1.54) is 12.8 Å². The zero-order chi connectivity index (χ0) is 14.0. The third-order valence-electron chi connectivity index (χ3n) is 4.93. The van der Waals surface area contributed by atoms with Crippen LogP contribution in [0.15, 0.2) is 18.3 Å². The number of nitrogens with two attached hydrogens (primary N) is 1. The van der Waals surface area contributed by atoms with Gasteiger partial charge >= 0.3 is 0 Å². The maximum absolute atomic E-state index is 10.7. The average molecular weight is 276 g/mol. The minimum Gasteiger partial charge on any atom is -0.390 e. The first-order valence-electron chi connectivity index (χ1n) is 7.56. The van der Waals surface area contributed by atoms with E-state index in [-0.39, 0.29) is 0 Å². The number of rotatable bonds is 3. The first-order chi connectivity index (χ1) is 9.71. The van der Waals surface area contributed by atoms with Crippen LogP contribution in [0.3, 0.4) is 0 Å². The molecular weight excluding hydrogens is 252 g/mol. The fourth-order valence-electron chi connectivity index (χ4n) is 3.72. The molecule has 0 radical (unpaired) electrons. The van der Waals surface area contributed by atoms with Crippen LogP contribution in [0.4, 0.5) is 5.82 Å². The van der Waals surface area contributed by atoms with E-state index in [4.69, 9.17) is 5.84 Å². The molecular formula is C15H24N4O. The lowest BCUT2D eigenvalue weighted by molar-refractivity contribution is -0.0967. The molecule has 110 valence electrons. The van der Waals surface area contributed by atoms with E-state index in [1.54, 1.807) is 6.20 Å². The van der Waals surface area contributed by atoms with E-state index in [0.717, 1.165) is 50.3 Å². The molecule has 1 saturated heterocycles. The Kier molecular flexibility index (Phi) is 3.92. The number of piperidine rings is 1. The van der Waals surface area contributed by atoms with Gasteiger partial charge in [0.1, 0.15) is 5.82 Å². The van der Waals surface area contributed by atoms with Crippen molar-refractivity contribution in [1.29, 1.82) is 0 Å². The van der Waals surface area contributed by atoms with Crippen LogP contribution >= 0.6 is 0 Å². The van der Waals surface area contributed by atoms with Gasteiger partial charge in [-0.2, -0.15) is 0 Å². The number of nitrogens with one attached hydrogen (secondary N) is 1. The Balaban J connectivity index is 1.67. The van der Waals surface area contributed by atoms with E-state index < -0.39 is 5.60 Å². The van der Waals surface area contributed by atoms with Crippen LogP contribution in [-0.2, 0) is 6.54 Å². The summed E-state index contributed by atoms with van der Waals surface area (Å²) in [5, 5.41) is 10.7. The van der Waals surface area contributed by atoms with Crippen LogP contribution in [-0.4, -0.2) is 33.7 Å². The smallest absolute Gasteiger partial charge is 0.144 e. The SMILES string of the molecule is NNc1ncccc1CN1CCC2(O)CCCCC2C1. The number of pyridine rings is 1. The Bertz CT molecular complexity index is 467. The molecule has 2 atom stereocenters. The molecule has 5 heteroatoms. The van der Waals surface area contributed by atoms with E-state index in [9.17, 15) is 5.11 Å². The first-order valence-corrected chi connectivity index (χ1v) is 7.56. The van der Waals surface area contributed by atoms with Crippen molar-refractivity contribution in [1.82, 2.24) is 9.88 Å². The third kappa shape index (κ3) is 2.66. The minimum atomic E-state index is -0.404. The number of fused-ring (bicyclic) bond motifs is 1. The molecule has 2 aliphatic rings. The van der Waals surface area contributed by atoms with Crippen LogP contribution < -0.4 is 11.3 Å². The molecule has 2 heterocycles. The average Bonchev–Trinajstić information content (AvgIpc) is 2.48. The largest absolute Gasteiger partial charge is 0.390 e. The Morgan fingerprint density at radius 2 is 2.35 bits per heavy atom. The second-order valence-corrected chi connectivity index (χ2v) is 6.19. The summed E-state index contributed by atoms with van der Waals surface area (Å²) in [5.41, 5.74) is 3.38. The second kappa shape index (κ2) is 5.68. The Hall–Kier alpha value is -1.17. The molecule has 0 amide bonds. The van der Waals surface area contributed by atoms with Crippen molar-refractivity contribution in [3.8, 4) is 0 Å². The lowest BCUT2D eigenvalue weighted by Gasteiger charge is -2.47. The van der Waals surface area contributed by atoms with Gasteiger partial charge in [-0.25, -0.2) is 10.8 Å². The number of aliphatic hydroxyl groups is 1. The number of hydrogen-bond acceptors (Lipinski definition) is 5. The normalized spacial score (nSPS) is 30.8. The van der Waals surface area contributed by atoms with E-state index in [1.807, 2.05) is 6.07 Å². The van der Waals surface area contributed by atoms with Crippen molar-refractivity contribution in [2.45, 2.75) is 44.2 Å². The van der Waals surface area contributed by atoms with E-state index >= 15 is 0 Å². The van der Waals surface area contributed by atoms with Gasteiger partial charge in [0.15, 0.2) is 0 Å². The molecule has 1 aliphatic heterocycles. The monoisotopic (exact) mass is 276 g/mol. The number of anilines is 1. The predicted molar refractivity (Wildman–Crippen MR) is 78.8 cm³/mol. The van der Waals surface area contributed by atoms with E-state index in [0.29, 0.717) is 5.92 Å². The maximum Gasteiger partial charge on any atom is 0.144 e. The van der Waals surface area contributed by atoms with Crippen molar-refractivity contribution in [3.05, 3.63) is 23.9 Å². The highest BCUT2D eigenvalue weighted by Crippen LogP contribution is 2.40. The highest BCUT2D eigenvalue weighted by atomic mass is 16.3. The van der Waals surface area contributed by atoms with Gasteiger partial charge in [0.2, 0.25) is 0 Å². The van der Waals surface area contributed by atoms with Gasteiger partial charge in [0.05, 0.1) is 5.60 Å². The molecule has 4 N–H and O–H groups in total. The van der Waals surface area contributed by atoms with Gasteiger partial charge in [0.25, 0.3) is 0 Å². The zero-order valence-corrected chi connectivity index (χ0v) is 11.9. The van der Waals surface area contributed by atoms with Crippen molar-refractivity contribution in [2.24, 2.45) is 11.8 Å².